The van der Waals surface area contributed by atoms with Crippen LogP contribution >= 0.6 is 0 Å². The maximum atomic E-state index is 13.4. The number of carbonyl (C=O) groups excluding carboxylic acids is 1. The van der Waals surface area contributed by atoms with Crippen LogP contribution in [0.1, 0.15) is 16.8 Å². The fraction of sp³-hybridized carbons (Fsp3) is 0.333. The standard InChI is InChI=1S/C12H11F2NO3/c13-8-1-2-9(10(14)5-8)11(16)15-4-3-7(6-15)12(17)18/h1-2,5,7H,3-4,6H2,(H,17,18). The van der Waals surface area contributed by atoms with Crippen molar-refractivity contribution in [2.45, 2.75) is 6.42 Å². The van der Waals surface area contributed by atoms with E-state index in [4.69, 9.17) is 5.11 Å². The lowest BCUT2D eigenvalue weighted by Crippen LogP contribution is -2.30. The predicted molar refractivity (Wildman–Crippen MR) is 58.0 cm³/mol. The highest BCUT2D eigenvalue weighted by Crippen LogP contribution is 2.20. The maximum Gasteiger partial charge on any atom is 0.308 e. The molecule has 1 atom stereocenters. The number of benzene rings is 1. The highest BCUT2D eigenvalue weighted by atomic mass is 19.1. The Morgan fingerprint density at radius 2 is 2.06 bits per heavy atom. The van der Waals surface area contributed by atoms with Crippen molar-refractivity contribution in [2.75, 3.05) is 13.1 Å². The van der Waals surface area contributed by atoms with Crippen LogP contribution in [0.3, 0.4) is 0 Å². The fourth-order valence-corrected chi connectivity index (χ4v) is 1.98. The summed E-state index contributed by atoms with van der Waals surface area (Å²) >= 11 is 0. The zero-order valence-corrected chi connectivity index (χ0v) is 9.40. The van der Waals surface area contributed by atoms with Gasteiger partial charge in [-0.3, -0.25) is 9.59 Å². The number of carboxylic acids is 1. The minimum Gasteiger partial charge on any atom is -0.481 e. The van der Waals surface area contributed by atoms with E-state index in [0.717, 1.165) is 12.1 Å². The van der Waals surface area contributed by atoms with E-state index in [-0.39, 0.29) is 18.7 Å². The molecule has 1 amide bonds. The van der Waals surface area contributed by atoms with Gasteiger partial charge in [0.25, 0.3) is 5.91 Å². The third-order valence-electron chi connectivity index (χ3n) is 2.99. The van der Waals surface area contributed by atoms with E-state index in [1.54, 1.807) is 0 Å². The number of nitrogens with zero attached hydrogens (tertiary/aromatic N) is 1. The van der Waals surface area contributed by atoms with Gasteiger partial charge in [-0.05, 0) is 18.6 Å². The van der Waals surface area contributed by atoms with Crippen LogP contribution in [0.4, 0.5) is 8.78 Å². The van der Waals surface area contributed by atoms with Gasteiger partial charge in [0.2, 0.25) is 0 Å². The fourth-order valence-electron chi connectivity index (χ4n) is 1.98. The summed E-state index contributed by atoms with van der Waals surface area (Å²) in [6.07, 6.45) is 0.351. The highest BCUT2D eigenvalue weighted by molar-refractivity contribution is 5.95. The second-order valence-electron chi connectivity index (χ2n) is 4.20. The Hall–Kier alpha value is -1.98. The smallest absolute Gasteiger partial charge is 0.308 e. The number of amides is 1. The molecule has 4 nitrogen and oxygen atoms in total. The summed E-state index contributed by atoms with van der Waals surface area (Å²) < 4.78 is 26.1. The van der Waals surface area contributed by atoms with E-state index >= 15 is 0 Å². The van der Waals surface area contributed by atoms with Gasteiger partial charge in [-0.25, -0.2) is 8.78 Å². The summed E-state index contributed by atoms with van der Waals surface area (Å²) in [6.45, 7) is 0.331. The van der Waals surface area contributed by atoms with Gasteiger partial charge in [0.15, 0.2) is 0 Å². The Kier molecular flexibility index (Phi) is 3.27. The lowest BCUT2D eigenvalue weighted by Gasteiger charge is -2.16. The van der Waals surface area contributed by atoms with E-state index in [1.165, 1.54) is 4.90 Å². The van der Waals surface area contributed by atoms with Crippen LogP contribution in [0.5, 0.6) is 0 Å². The first kappa shape index (κ1) is 12.5. The molecule has 96 valence electrons. The molecule has 1 aliphatic rings. The Labute approximate surface area is 102 Å². The molecule has 1 aliphatic heterocycles. The molecule has 1 unspecified atom stereocenters. The topological polar surface area (TPSA) is 57.6 Å². The average molecular weight is 255 g/mol. The van der Waals surface area contributed by atoms with Crippen LogP contribution in [0.2, 0.25) is 0 Å². The Balaban J connectivity index is 2.15. The first-order valence-electron chi connectivity index (χ1n) is 5.46. The Morgan fingerprint density at radius 3 is 2.61 bits per heavy atom. The van der Waals surface area contributed by atoms with Crippen molar-refractivity contribution in [3.05, 3.63) is 35.4 Å². The molecule has 0 spiro atoms. The minimum absolute atomic E-state index is 0.0605. The summed E-state index contributed by atoms with van der Waals surface area (Å²) in [5.41, 5.74) is -0.234. The molecule has 0 aromatic heterocycles. The summed E-state index contributed by atoms with van der Waals surface area (Å²) in [4.78, 5) is 23.9. The van der Waals surface area contributed by atoms with Gasteiger partial charge in [0.05, 0.1) is 11.5 Å². The number of carbonyl (C=O) groups is 2. The first-order valence-corrected chi connectivity index (χ1v) is 5.46. The zero-order chi connectivity index (χ0) is 13.3. The molecule has 1 fully saturated rings. The molecule has 6 heteroatoms. The summed E-state index contributed by atoms with van der Waals surface area (Å²) in [6, 6.07) is 2.71. The third-order valence-corrected chi connectivity index (χ3v) is 2.99. The number of carboxylic acid groups (broad SMARTS) is 1. The molecule has 1 aromatic carbocycles. The quantitative estimate of drug-likeness (QED) is 0.871. The highest BCUT2D eigenvalue weighted by Gasteiger charge is 2.32. The molecule has 0 saturated carbocycles. The van der Waals surface area contributed by atoms with Crippen LogP contribution in [0.15, 0.2) is 18.2 Å². The molecule has 0 aliphatic carbocycles. The van der Waals surface area contributed by atoms with Crippen molar-refractivity contribution < 1.29 is 23.5 Å². The van der Waals surface area contributed by atoms with Crippen molar-refractivity contribution in [1.29, 1.82) is 0 Å². The number of aliphatic carboxylic acids is 1. The molecule has 0 radical (unpaired) electrons. The van der Waals surface area contributed by atoms with E-state index in [0.29, 0.717) is 12.5 Å². The van der Waals surface area contributed by atoms with Crippen LogP contribution < -0.4 is 0 Å². The van der Waals surface area contributed by atoms with Crippen LogP contribution in [0.25, 0.3) is 0 Å². The van der Waals surface area contributed by atoms with Crippen molar-refractivity contribution in [3.8, 4) is 0 Å². The van der Waals surface area contributed by atoms with E-state index in [2.05, 4.69) is 0 Å². The van der Waals surface area contributed by atoms with Gasteiger partial charge in [-0.1, -0.05) is 0 Å². The summed E-state index contributed by atoms with van der Waals surface area (Å²) in [5.74, 6) is -3.87. The lowest BCUT2D eigenvalue weighted by molar-refractivity contribution is -0.141. The molecule has 1 heterocycles. The van der Waals surface area contributed by atoms with Crippen molar-refractivity contribution in [3.63, 3.8) is 0 Å². The number of likely N-dealkylation sites (tertiary alicyclic amines) is 1. The molecule has 0 bridgehead atoms. The van der Waals surface area contributed by atoms with Crippen LogP contribution in [-0.4, -0.2) is 35.0 Å². The molecule has 18 heavy (non-hydrogen) atoms. The zero-order valence-electron chi connectivity index (χ0n) is 9.40. The molecule has 1 N–H and O–H groups in total. The van der Waals surface area contributed by atoms with Gasteiger partial charge >= 0.3 is 5.97 Å². The third kappa shape index (κ3) is 2.32. The second kappa shape index (κ2) is 4.72. The van der Waals surface area contributed by atoms with Gasteiger partial charge in [-0.2, -0.15) is 0 Å². The predicted octanol–water partition coefficient (Wildman–Crippen LogP) is 1.51. The second-order valence-corrected chi connectivity index (χ2v) is 4.20. The normalized spacial score (nSPS) is 19.0. The minimum atomic E-state index is -0.968. The Morgan fingerprint density at radius 1 is 1.33 bits per heavy atom. The lowest BCUT2D eigenvalue weighted by atomic mass is 10.1. The van der Waals surface area contributed by atoms with Crippen molar-refractivity contribution >= 4 is 11.9 Å². The largest absolute Gasteiger partial charge is 0.481 e. The molecular weight excluding hydrogens is 244 g/mol. The number of rotatable bonds is 2. The molecular formula is C12H11F2NO3. The summed E-state index contributed by atoms with van der Waals surface area (Å²) in [5, 5.41) is 8.81. The number of hydrogen-bond donors (Lipinski definition) is 1. The van der Waals surface area contributed by atoms with Crippen molar-refractivity contribution in [1.82, 2.24) is 4.90 Å². The molecule has 1 aromatic rings. The number of halogens is 2. The van der Waals surface area contributed by atoms with Crippen molar-refractivity contribution in [2.24, 2.45) is 5.92 Å². The van der Waals surface area contributed by atoms with Gasteiger partial charge in [0.1, 0.15) is 11.6 Å². The SMILES string of the molecule is O=C(O)C1CCN(C(=O)c2ccc(F)cc2F)C1. The molecule has 2 rings (SSSR count). The monoisotopic (exact) mass is 255 g/mol. The van der Waals surface area contributed by atoms with Gasteiger partial charge < -0.3 is 10.0 Å². The van der Waals surface area contributed by atoms with Crippen LogP contribution in [0, 0.1) is 17.6 Å². The van der Waals surface area contributed by atoms with E-state index in [1.807, 2.05) is 0 Å². The van der Waals surface area contributed by atoms with Gasteiger partial charge in [0, 0.05) is 19.2 Å². The summed E-state index contributed by atoms with van der Waals surface area (Å²) in [7, 11) is 0. The first-order chi connectivity index (χ1) is 8.49. The van der Waals surface area contributed by atoms with E-state index < -0.39 is 29.4 Å². The van der Waals surface area contributed by atoms with Gasteiger partial charge in [-0.15, -0.1) is 0 Å². The van der Waals surface area contributed by atoms with E-state index in [9.17, 15) is 18.4 Å². The number of hydrogen-bond acceptors (Lipinski definition) is 2. The Bertz CT molecular complexity index is 504. The van der Waals surface area contributed by atoms with Crippen LogP contribution in [-0.2, 0) is 4.79 Å². The maximum absolute atomic E-state index is 13.4. The average Bonchev–Trinajstić information content (AvgIpc) is 2.77. The molecule has 1 saturated heterocycles.